The number of nitrogens with zero attached hydrogens (tertiary/aromatic N) is 1. The third-order valence-corrected chi connectivity index (χ3v) is 6.61. The Labute approximate surface area is 209 Å². The second-order valence-corrected chi connectivity index (χ2v) is 9.41. The lowest BCUT2D eigenvalue weighted by Gasteiger charge is -2.12. The number of benzene rings is 3. The van der Waals surface area contributed by atoms with Crippen molar-refractivity contribution in [3.8, 4) is 5.75 Å². The first-order valence-electron chi connectivity index (χ1n) is 11.2. The van der Waals surface area contributed by atoms with Crippen molar-refractivity contribution in [1.82, 2.24) is 4.90 Å². The first-order valence-corrected chi connectivity index (χ1v) is 12.0. The van der Waals surface area contributed by atoms with Gasteiger partial charge in [-0.15, -0.1) is 0 Å². The van der Waals surface area contributed by atoms with E-state index in [2.05, 4.69) is 5.32 Å². The molecule has 0 aromatic heterocycles. The van der Waals surface area contributed by atoms with Gasteiger partial charge in [0.2, 0.25) is 0 Å². The average molecular weight is 487 g/mol. The van der Waals surface area contributed by atoms with Gasteiger partial charge in [0.1, 0.15) is 5.75 Å². The Morgan fingerprint density at radius 1 is 1.00 bits per heavy atom. The quantitative estimate of drug-likeness (QED) is 0.423. The van der Waals surface area contributed by atoms with Crippen LogP contribution in [0.25, 0.3) is 6.08 Å². The fourth-order valence-corrected chi connectivity index (χ4v) is 4.53. The maximum absolute atomic E-state index is 12.9. The van der Waals surface area contributed by atoms with Crippen molar-refractivity contribution >= 4 is 40.6 Å². The van der Waals surface area contributed by atoms with Crippen LogP contribution in [0.3, 0.4) is 0 Å². The van der Waals surface area contributed by atoms with Gasteiger partial charge in [-0.3, -0.25) is 19.3 Å². The van der Waals surface area contributed by atoms with Gasteiger partial charge in [0.05, 0.1) is 11.4 Å². The zero-order chi connectivity index (χ0) is 24.9. The fraction of sp³-hybridized carbons (Fsp3) is 0.179. The molecule has 3 aromatic carbocycles. The number of nitrogens with one attached hydrogen (secondary N) is 1. The summed E-state index contributed by atoms with van der Waals surface area (Å²) in [5.41, 5.74) is 5.55. The van der Waals surface area contributed by atoms with Crippen molar-refractivity contribution in [2.75, 3.05) is 11.9 Å². The minimum atomic E-state index is -0.319. The highest BCUT2D eigenvalue weighted by molar-refractivity contribution is 8.18. The van der Waals surface area contributed by atoms with Gasteiger partial charge in [0.15, 0.2) is 6.61 Å². The lowest BCUT2D eigenvalue weighted by molar-refractivity contribution is -0.123. The Morgan fingerprint density at radius 3 is 2.57 bits per heavy atom. The van der Waals surface area contributed by atoms with Crippen molar-refractivity contribution in [2.24, 2.45) is 0 Å². The molecule has 4 rings (SSSR count). The van der Waals surface area contributed by atoms with Crippen molar-refractivity contribution in [3.63, 3.8) is 0 Å². The van der Waals surface area contributed by atoms with Crippen LogP contribution in [0.2, 0.25) is 0 Å². The van der Waals surface area contributed by atoms with E-state index in [-0.39, 0.29) is 30.2 Å². The van der Waals surface area contributed by atoms with Crippen molar-refractivity contribution in [2.45, 2.75) is 27.3 Å². The molecule has 3 amide bonds. The summed E-state index contributed by atoms with van der Waals surface area (Å²) in [4.78, 5) is 39.3. The molecule has 178 valence electrons. The smallest absolute Gasteiger partial charge is 0.293 e. The first-order chi connectivity index (χ1) is 16.8. The summed E-state index contributed by atoms with van der Waals surface area (Å²) in [6, 6.07) is 20.6. The van der Waals surface area contributed by atoms with Crippen LogP contribution in [-0.2, 0) is 16.1 Å². The van der Waals surface area contributed by atoms with Crippen LogP contribution in [0.5, 0.6) is 5.75 Å². The number of aryl methyl sites for hydroxylation is 2. The zero-order valence-corrected chi connectivity index (χ0v) is 20.6. The number of hydrogen-bond donors (Lipinski definition) is 1. The van der Waals surface area contributed by atoms with Gasteiger partial charge in [-0.05, 0) is 79.1 Å². The topological polar surface area (TPSA) is 75.7 Å². The lowest BCUT2D eigenvalue weighted by atomic mass is 10.1. The molecule has 1 heterocycles. The maximum atomic E-state index is 12.9. The number of amides is 3. The van der Waals surface area contributed by atoms with Gasteiger partial charge in [-0.2, -0.15) is 0 Å². The van der Waals surface area contributed by atoms with E-state index in [1.807, 2.05) is 69.3 Å². The summed E-state index contributed by atoms with van der Waals surface area (Å²) < 4.78 is 5.66. The van der Waals surface area contributed by atoms with Crippen molar-refractivity contribution in [3.05, 3.63) is 99.5 Å². The van der Waals surface area contributed by atoms with Crippen LogP contribution in [-0.4, -0.2) is 28.6 Å². The summed E-state index contributed by atoms with van der Waals surface area (Å²) in [6.45, 7) is 6.01. The first kappa shape index (κ1) is 24.3. The largest absolute Gasteiger partial charge is 0.484 e. The van der Waals surface area contributed by atoms with E-state index in [1.54, 1.807) is 24.3 Å². The third-order valence-electron chi connectivity index (χ3n) is 5.70. The van der Waals surface area contributed by atoms with E-state index in [1.165, 1.54) is 4.90 Å². The van der Waals surface area contributed by atoms with Gasteiger partial charge < -0.3 is 10.1 Å². The van der Waals surface area contributed by atoms with Gasteiger partial charge >= 0.3 is 0 Å². The fourth-order valence-electron chi connectivity index (χ4n) is 3.70. The maximum Gasteiger partial charge on any atom is 0.293 e. The number of hydrogen-bond acceptors (Lipinski definition) is 5. The monoisotopic (exact) mass is 486 g/mol. The van der Waals surface area contributed by atoms with Gasteiger partial charge in [0, 0.05) is 5.69 Å². The van der Waals surface area contributed by atoms with Gasteiger partial charge in [0.25, 0.3) is 17.1 Å². The highest BCUT2D eigenvalue weighted by atomic mass is 32.2. The van der Waals surface area contributed by atoms with Crippen LogP contribution in [0.1, 0.15) is 27.8 Å². The Kier molecular flexibility index (Phi) is 7.36. The predicted molar refractivity (Wildman–Crippen MR) is 139 cm³/mol. The second-order valence-electron chi connectivity index (χ2n) is 8.41. The average Bonchev–Trinajstić information content (AvgIpc) is 3.08. The Morgan fingerprint density at radius 2 is 1.77 bits per heavy atom. The normalized spacial score (nSPS) is 14.5. The molecule has 1 N–H and O–H groups in total. The molecule has 1 aliphatic rings. The molecule has 0 bridgehead atoms. The number of ether oxygens (including phenoxy) is 1. The molecular formula is C28H26N2O4S. The van der Waals surface area contributed by atoms with E-state index >= 15 is 0 Å². The summed E-state index contributed by atoms with van der Waals surface area (Å²) in [5, 5.41) is 2.57. The second kappa shape index (κ2) is 10.6. The summed E-state index contributed by atoms with van der Waals surface area (Å²) in [5.74, 6) is -0.0871. The highest BCUT2D eigenvalue weighted by Gasteiger charge is 2.35. The summed E-state index contributed by atoms with van der Waals surface area (Å²) >= 11 is 0.921. The molecule has 0 atom stereocenters. The van der Waals surface area contributed by atoms with Crippen LogP contribution < -0.4 is 10.1 Å². The Bertz CT molecular complexity index is 1330. The number of thioether (sulfide) groups is 1. The molecule has 0 radical (unpaired) electrons. The Hall–Kier alpha value is -3.84. The predicted octanol–water partition coefficient (Wildman–Crippen LogP) is 5.87. The van der Waals surface area contributed by atoms with Gasteiger partial charge in [-0.1, -0.05) is 54.1 Å². The summed E-state index contributed by atoms with van der Waals surface area (Å²) in [6.07, 6.45) is 1.67. The molecule has 1 saturated heterocycles. The summed E-state index contributed by atoms with van der Waals surface area (Å²) in [7, 11) is 0. The van der Waals surface area contributed by atoms with Crippen molar-refractivity contribution in [1.29, 1.82) is 0 Å². The SMILES string of the molecule is Cc1cccc(CN2C(=O)S/C(=C\c3cccc(OCC(=O)Nc4cccc(C)c4C)c3)C2=O)c1. The van der Waals surface area contributed by atoms with E-state index in [4.69, 9.17) is 4.74 Å². The van der Waals surface area contributed by atoms with Crippen molar-refractivity contribution < 1.29 is 19.1 Å². The third kappa shape index (κ3) is 6.00. The zero-order valence-electron chi connectivity index (χ0n) is 19.8. The lowest BCUT2D eigenvalue weighted by Crippen LogP contribution is -2.27. The van der Waals surface area contributed by atoms with Crippen LogP contribution in [0, 0.1) is 20.8 Å². The number of anilines is 1. The van der Waals surface area contributed by atoms with E-state index in [0.717, 1.165) is 39.7 Å². The minimum absolute atomic E-state index is 0.149. The molecule has 6 nitrogen and oxygen atoms in total. The Balaban J connectivity index is 1.40. The molecule has 3 aromatic rings. The van der Waals surface area contributed by atoms with Crippen LogP contribution in [0.15, 0.2) is 71.6 Å². The van der Waals surface area contributed by atoms with Gasteiger partial charge in [-0.25, -0.2) is 0 Å². The number of rotatable bonds is 7. The molecule has 1 fully saturated rings. The number of carbonyl (C=O) groups is 3. The molecular weight excluding hydrogens is 460 g/mol. The molecule has 7 heteroatoms. The molecule has 0 unspecified atom stereocenters. The molecule has 0 saturated carbocycles. The van der Waals surface area contributed by atoms with E-state index < -0.39 is 0 Å². The van der Waals surface area contributed by atoms with E-state index in [0.29, 0.717) is 16.2 Å². The highest BCUT2D eigenvalue weighted by Crippen LogP contribution is 2.33. The van der Waals surface area contributed by atoms with Crippen LogP contribution in [0.4, 0.5) is 10.5 Å². The molecule has 35 heavy (non-hydrogen) atoms. The number of carbonyl (C=O) groups excluding carboxylic acids is 3. The van der Waals surface area contributed by atoms with Crippen LogP contribution >= 0.6 is 11.8 Å². The van der Waals surface area contributed by atoms with E-state index in [9.17, 15) is 14.4 Å². The molecule has 0 spiro atoms. The minimum Gasteiger partial charge on any atom is -0.484 e. The number of imide groups is 1. The molecule has 1 aliphatic heterocycles. The molecule has 0 aliphatic carbocycles. The standard InChI is InChI=1S/C28H26N2O4S/c1-18-7-4-10-22(13-18)16-30-27(32)25(35-28(30)33)15-21-9-6-11-23(14-21)34-17-26(31)29-24-12-5-8-19(2)20(24)3/h4-15H,16-17H2,1-3H3,(H,29,31)/b25-15-.